The van der Waals surface area contributed by atoms with Gasteiger partial charge in [-0.05, 0) is 35.9 Å². The van der Waals surface area contributed by atoms with E-state index in [0.717, 1.165) is 16.9 Å². The van der Waals surface area contributed by atoms with Gasteiger partial charge in [0.05, 0.1) is 25.5 Å². The average Bonchev–Trinajstić information content (AvgIpc) is 3.29. The molecule has 30 heavy (non-hydrogen) atoms. The number of terminal acetylenes is 1. The third-order valence-corrected chi connectivity index (χ3v) is 5.74. The summed E-state index contributed by atoms with van der Waals surface area (Å²) in [4.78, 5) is 28.0. The third-order valence-electron chi connectivity index (χ3n) is 5.74. The number of rotatable bonds is 3. The molecular formula is C23H18N4O3. The molecule has 2 aliphatic heterocycles. The minimum atomic E-state index is -1.14. The summed E-state index contributed by atoms with van der Waals surface area (Å²) < 4.78 is 6.85. The molecule has 0 unspecified atom stereocenters. The van der Waals surface area contributed by atoms with Crippen LogP contribution in [0.3, 0.4) is 0 Å². The molecule has 1 spiro atoms. The van der Waals surface area contributed by atoms with E-state index in [1.807, 2.05) is 48.5 Å². The number of nitrogens with one attached hydrogen (secondary N) is 1. The van der Waals surface area contributed by atoms with Crippen LogP contribution in [0.1, 0.15) is 17.5 Å². The molecule has 2 aromatic carbocycles. The second-order valence-corrected chi connectivity index (χ2v) is 7.26. The first-order valence-corrected chi connectivity index (χ1v) is 9.48. The Morgan fingerprint density at radius 1 is 1.17 bits per heavy atom. The first kappa shape index (κ1) is 18.0. The van der Waals surface area contributed by atoms with Crippen molar-refractivity contribution in [2.45, 2.75) is 11.8 Å². The fraction of sp³-hybridized carbons (Fsp3) is 0.174. The lowest BCUT2D eigenvalue weighted by Crippen LogP contribution is -2.46. The van der Waals surface area contributed by atoms with E-state index in [1.165, 1.54) is 0 Å². The van der Waals surface area contributed by atoms with Gasteiger partial charge in [-0.2, -0.15) is 5.10 Å². The van der Waals surface area contributed by atoms with Gasteiger partial charge >= 0.3 is 0 Å². The van der Waals surface area contributed by atoms with Crippen LogP contribution >= 0.6 is 0 Å². The molecule has 5 rings (SSSR count). The van der Waals surface area contributed by atoms with E-state index < -0.39 is 5.41 Å². The Balaban J connectivity index is 1.72. The van der Waals surface area contributed by atoms with Gasteiger partial charge in [0, 0.05) is 17.7 Å². The highest BCUT2D eigenvalue weighted by atomic mass is 16.5. The van der Waals surface area contributed by atoms with Crippen molar-refractivity contribution in [3.63, 3.8) is 0 Å². The van der Waals surface area contributed by atoms with E-state index in [9.17, 15) is 9.59 Å². The summed E-state index contributed by atoms with van der Waals surface area (Å²) >= 11 is 0. The van der Waals surface area contributed by atoms with Crippen LogP contribution in [0.25, 0.3) is 5.69 Å². The lowest BCUT2D eigenvalue weighted by Gasteiger charge is -2.32. The predicted molar refractivity (Wildman–Crippen MR) is 112 cm³/mol. The maximum Gasteiger partial charge on any atom is 0.243 e. The van der Waals surface area contributed by atoms with Crippen molar-refractivity contribution < 1.29 is 14.3 Å². The number of para-hydroxylation sites is 1. The first-order valence-electron chi connectivity index (χ1n) is 9.48. The number of benzene rings is 2. The van der Waals surface area contributed by atoms with E-state index >= 15 is 0 Å². The Morgan fingerprint density at radius 2 is 1.93 bits per heavy atom. The molecule has 7 heteroatoms. The number of carbonyl (C=O) groups is 2. The standard InChI is InChI=1S/C23H18N4O3/c1-3-12-26-19-7-5-4-6-17(19)23(22(26)29)13-20(28)25-21-18(23)14-24-27(21)15-8-10-16(30-2)11-9-15/h1,4-11,14H,12-13H2,2H3,(H,25,28)/t23-/m0/s1. The summed E-state index contributed by atoms with van der Waals surface area (Å²) in [5.74, 6) is 3.30. The van der Waals surface area contributed by atoms with Gasteiger partial charge in [0.25, 0.3) is 0 Å². The van der Waals surface area contributed by atoms with Crippen LogP contribution in [0, 0.1) is 12.3 Å². The molecule has 0 aliphatic carbocycles. The zero-order valence-corrected chi connectivity index (χ0v) is 16.3. The second kappa shape index (κ2) is 6.49. The lowest BCUT2D eigenvalue weighted by molar-refractivity contribution is -0.126. The molecule has 1 N–H and O–H groups in total. The zero-order chi connectivity index (χ0) is 20.9. The number of amides is 2. The van der Waals surface area contributed by atoms with Crippen LogP contribution in [0.15, 0.2) is 54.7 Å². The number of fused-ring (bicyclic) bond motifs is 4. The fourth-order valence-corrected chi connectivity index (χ4v) is 4.42. The van der Waals surface area contributed by atoms with Gasteiger partial charge in [-0.3, -0.25) is 14.5 Å². The Bertz CT molecular complexity index is 1220. The summed E-state index contributed by atoms with van der Waals surface area (Å²) in [5.41, 5.74) is 1.77. The van der Waals surface area contributed by atoms with Crippen molar-refractivity contribution in [2.24, 2.45) is 0 Å². The fourth-order valence-electron chi connectivity index (χ4n) is 4.42. The summed E-state index contributed by atoms with van der Waals surface area (Å²) in [6.45, 7) is 0.140. The van der Waals surface area contributed by atoms with Gasteiger partial charge in [-0.15, -0.1) is 6.42 Å². The number of carbonyl (C=O) groups excluding carboxylic acids is 2. The Labute approximate surface area is 173 Å². The number of aromatic nitrogens is 2. The molecule has 0 bridgehead atoms. The predicted octanol–water partition coefficient (Wildman–Crippen LogP) is 2.49. The molecule has 3 heterocycles. The molecular weight excluding hydrogens is 380 g/mol. The Morgan fingerprint density at radius 3 is 2.67 bits per heavy atom. The molecule has 3 aromatic rings. The smallest absolute Gasteiger partial charge is 0.243 e. The normalized spacial score (nSPS) is 19.3. The van der Waals surface area contributed by atoms with Crippen LogP contribution in [0.4, 0.5) is 11.5 Å². The molecule has 7 nitrogen and oxygen atoms in total. The van der Waals surface area contributed by atoms with Gasteiger partial charge in [0.15, 0.2) is 0 Å². The second-order valence-electron chi connectivity index (χ2n) is 7.26. The number of hydrogen-bond acceptors (Lipinski definition) is 4. The largest absolute Gasteiger partial charge is 0.497 e. The summed E-state index contributed by atoms with van der Waals surface area (Å²) in [7, 11) is 1.60. The molecule has 0 saturated carbocycles. The maximum absolute atomic E-state index is 13.7. The molecule has 1 atom stereocenters. The molecule has 0 fully saturated rings. The van der Waals surface area contributed by atoms with Crippen LogP contribution in [-0.2, 0) is 15.0 Å². The highest BCUT2D eigenvalue weighted by Gasteiger charge is 2.56. The minimum absolute atomic E-state index is 0.00518. The van der Waals surface area contributed by atoms with Gasteiger partial charge < -0.3 is 10.1 Å². The number of hydrogen-bond donors (Lipinski definition) is 1. The summed E-state index contributed by atoms with van der Waals surface area (Å²) in [6.07, 6.45) is 7.19. The van der Waals surface area contributed by atoms with Gasteiger partial charge in [-0.1, -0.05) is 24.1 Å². The number of nitrogens with zero attached hydrogens (tertiary/aromatic N) is 3. The SMILES string of the molecule is C#CCN1C(=O)[C@@]2(CC(=O)Nc3c2cnn3-c2ccc(OC)cc2)c2ccccc21. The van der Waals surface area contributed by atoms with Gasteiger partial charge in [0.1, 0.15) is 17.0 Å². The van der Waals surface area contributed by atoms with E-state index in [1.54, 1.807) is 22.9 Å². The summed E-state index contributed by atoms with van der Waals surface area (Å²) in [6, 6.07) is 14.8. The molecule has 0 saturated heterocycles. The van der Waals surface area contributed by atoms with Crippen LogP contribution < -0.4 is 15.0 Å². The van der Waals surface area contributed by atoms with Crippen LogP contribution in [0.5, 0.6) is 5.75 Å². The maximum atomic E-state index is 13.7. The highest BCUT2D eigenvalue weighted by Crippen LogP contribution is 2.52. The topological polar surface area (TPSA) is 76.5 Å². The lowest BCUT2D eigenvalue weighted by atomic mass is 9.72. The Hall–Kier alpha value is -4.05. The number of methoxy groups -OCH3 is 1. The molecule has 148 valence electrons. The van der Waals surface area contributed by atoms with E-state index in [0.29, 0.717) is 17.1 Å². The monoisotopic (exact) mass is 398 g/mol. The van der Waals surface area contributed by atoms with E-state index in [4.69, 9.17) is 11.2 Å². The summed E-state index contributed by atoms with van der Waals surface area (Å²) in [5, 5.41) is 7.41. The van der Waals surface area contributed by atoms with Gasteiger partial charge in [-0.25, -0.2) is 4.68 Å². The number of ether oxygens (including phenoxy) is 1. The van der Waals surface area contributed by atoms with Crippen molar-refractivity contribution in [3.8, 4) is 23.8 Å². The molecule has 0 radical (unpaired) electrons. The molecule has 2 aliphatic rings. The van der Waals surface area contributed by atoms with E-state index in [-0.39, 0.29) is 24.8 Å². The van der Waals surface area contributed by atoms with Crippen LogP contribution in [0.2, 0.25) is 0 Å². The van der Waals surface area contributed by atoms with Crippen molar-refractivity contribution in [3.05, 3.63) is 65.9 Å². The quantitative estimate of drug-likeness (QED) is 0.688. The molecule has 2 amide bonds. The average molecular weight is 398 g/mol. The third kappa shape index (κ3) is 2.31. The van der Waals surface area contributed by atoms with Crippen molar-refractivity contribution in [1.82, 2.24) is 9.78 Å². The number of anilines is 2. The first-order chi connectivity index (χ1) is 14.6. The van der Waals surface area contributed by atoms with Crippen LogP contribution in [-0.4, -0.2) is 35.2 Å². The van der Waals surface area contributed by atoms with Crippen molar-refractivity contribution in [2.75, 3.05) is 23.9 Å². The highest BCUT2D eigenvalue weighted by molar-refractivity contribution is 6.16. The van der Waals surface area contributed by atoms with Crippen molar-refractivity contribution in [1.29, 1.82) is 0 Å². The zero-order valence-electron chi connectivity index (χ0n) is 16.3. The van der Waals surface area contributed by atoms with E-state index in [2.05, 4.69) is 16.3 Å². The van der Waals surface area contributed by atoms with Crippen molar-refractivity contribution >= 4 is 23.3 Å². The molecule has 1 aromatic heterocycles. The minimum Gasteiger partial charge on any atom is -0.497 e. The van der Waals surface area contributed by atoms with Gasteiger partial charge in [0.2, 0.25) is 11.8 Å². The Kier molecular flexibility index (Phi) is 3.90.